The highest BCUT2D eigenvalue weighted by atomic mass is 16.2. The van der Waals surface area contributed by atoms with Crippen molar-refractivity contribution in [3.8, 4) is 11.1 Å². The molecule has 3 aliphatic rings. The van der Waals surface area contributed by atoms with Gasteiger partial charge in [-0.3, -0.25) is 9.69 Å². The van der Waals surface area contributed by atoms with Gasteiger partial charge in [0.05, 0.1) is 12.1 Å². The number of anilines is 1. The highest BCUT2D eigenvalue weighted by molar-refractivity contribution is 6.10. The van der Waals surface area contributed by atoms with Crippen LogP contribution in [0.4, 0.5) is 5.69 Å². The van der Waals surface area contributed by atoms with Gasteiger partial charge in [0.25, 0.3) is 0 Å². The Balaban J connectivity index is 1.83. The quantitative estimate of drug-likeness (QED) is 0.593. The Morgan fingerprint density at radius 3 is 2.50 bits per heavy atom. The maximum Gasteiger partial charge on any atom is 0.235 e. The van der Waals surface area contributed by atoms with Gasteiger partial charge in [0.15, 0.2) is 0 Å². The van der Waals surface area contributed by atoms with Crippen molar-refractivity contribution < 1.29 is 4.79 Å². The van der Waals surface area contributed by atoms with E-state index in [1.807, 2.05) is 4.90 Å². The van der Waals surface area contributed by atoms with Crippen molar-refractivity contribution >= 4 is 29.3 Å². The third kappa shape index (κ3) is 3.71. The number of allylic oxidation sites excluding steroid dienone is 6. The van der Waals surface area contributed by atoms with E-state index in [-0.39, 0.29) is 5.91 Å². The van der Waals surface area contributed by atoms with Crippen molar-refractivity contribution in [2.45, 2.75) is 45.4 Å². The highest BCUT2D eigenvalue weighted by Crippen LogP contribution is 2.38. The predicted molar refractivity (Wildman–Crippen MR) is 135 cm³/mol. The van der Waals surface area contributed by atoms with E-state index in [0.29, 0.717) is 6.42 Å². The Morgan fingerprint density at radius 2 is 1.75 bits per heavy atom. The van der Waals surface area contributed by atoms with Gasteiger partial charge in [-0.2, -0.15) is 0 Å². The monoisotopic (exact) mass is 419 g/mol. The van der Waals surface area contributed by atoms with Gasteiger partial charge in [-0.1, -0.05) is 79.8 Å². The summed E-state index contributed by atoms with van der Waals surface area (Å²) in [5.41, 5.74) is 6.76. The number of benzene rings is 2. The topological polar surface area (TPSA) is 20.3 Å². The molecule has 2 aliphatic carbocycles. The molecule has 0 unspecified atom stereocenters. The van der Waals surface area contributed by atoms with E-state index in [2.05, 4.69) is 91.9 Å². The summed E-state index contributed by atoms with van der Waals surface area (Å²) in [6.45, 7) is 2.13. The van der Waals surface area contributed by atoms with Crippen molar-refractivity contribution in [3.63, 3.8) is 0 Å². The minimum Gasteiger partial charge on any atom is -0.280 e. The van der Waals surface area contributed by atoms with E-state index in [9.17, 15) is 4.79 Å². The third-order valence-corrected chi connectivity index (χ3v) is 6.39. The fourth-order valence-corrected chi connectivity index (χ4v) is 4.94. The molecule has 0 bridgehead atoms. The third-order valence-electron chi connectivity index (χ3n) is 6.39. The first-order valence-electron chi connectivity index (χ1n) is 11.8. The van der Waals surface area contributed by atoms with Gasteiger partial charge in [0.1, 0.15) is 0 Å². The fourth-order valence-electron chi connectivity index (χ4n) is 4.94. The molecule has 5 rings (SSSR count). The van der Waals surface area contributed by atoms with Crippen LogP contribution in [0.25, 0.3) is 28.9 Å². The summed E-state index contributed by atoms with van der Waals surface area (Å²) in [6.07, 6.45) is 23.1. The summed E-state index contributed by atoms with van der Waals surface area (Å²) in [5.74, 6) is 0.144. The first-order chi connectivity index (χ1) is 15.8. The summed E-state index contributed by atoms with van der Waals surface area (Å²) in [6, 6.07) is 12.8. The van der Waals surface area contributed by atoms with E-state index in [4.69, 9.17) is 0 Å². The number of carbonyl (C=O) groups is 1. The predicted octanol–water partition coefficient (Wildman–Crippen LogP) is 6.03. The lowest BCUT2D eigenvalue weighted by Crippen LogP contribution is -2.41. The minimum atomic E-state index is 0.144. The van der Waals surface area contributed by atoms with Crippen molar-refractivity contribution in [1.82, 2.24) is 0 Å². The largest absolute Gasteiger partial charge is 0.280 e. The summed E-state index contributed by atoms with van der Waals surface area (Å²) < 4.78 is 0. The van der Waals surface area contributed by atoms with Crippen molar-refractivity contribution in [2.24, 2.45) is 0 Å². The van der Waals surface area contributed by atoms with Gasteiger partial charge in [0, 0.05) is 11.3 Å². The summed E-state index contributed by atoms with van der Waals surface area (Å²) in [5, 5.41) is 2.58. The second-order valence-electron chi connectivity index (χ2n) is 8.54. The molecular weight excluding hydrogens is 390 g/mol. The lowest BCUT2D eigenvalue weighted by atomic mass is 9.86. The number of nitrogens with zero attached hydrogens (tertiary/aromatic N) is 1. The van der Waals surface area contributed by atoms with Crippen LogP contribution < -0.4 is 15.3 Å². The molecule has 2 nitrogen and oxygen atoms in total. The van der Waals surface area contributed by atoms with Crippen LogP contribution in [0.15, 0.2) is 78.6 Å². The fraction of sp³-hybridized carbons (Fsp3) is 0.233. The van der Waals surface area contributed by atoms with Gasteiger partial charge in [-0.25, -0.2) is 0 Å². The van der Waals surface area contributed by atoms with Crippen LogP contribution in [-0.2, 0) is 4.79 Å². The van der Waals surface area contributed by atoms with Gasteiger partial charge in [-0.05, 0) is 71.4 Å². The minimum absolute atomic E-state index is 0.144. The molecule has 0 saturated heterocycles. The first kappa shape index (κ1) is 20.5. The Kier molecular flexibility index (Phi) is 5.77. The number of rotatable bonds is 4. The molecule has 1 aliphatic heterocycles. The zero-order valence-corrected chi connectivity index (χ0v) is 18.7. The van der Waals surface area contributed by atoms with Crippen LogP contribution in [0.3, 0.4) is 0 Å². The Morgan fingerprint density at radius 1 is 0.969 bits per heavy atom. The maximum absolute atomic E-state index is 13.5. The average Bonchev–Trinajstić information content (AvgIpc) is 2.84. The number of fused-ring (bicyclic) bond motifs is 3. The molecule has 160 valence electrons. The molecule has 2 aromatic carbocycles. The summed E-state index contributed by atoms with van der Waals surface area (Å²) >= 11 is 0. The molecule has 0 saturated carbocycles. The Labute approximate surface area is 190 Å². The molecule has 32 heavy (non-hydrogen) atoms. The second-order valence-corrected chi connectivity index (χ2v) is 8.54. The molecular formula is C30H29NO. The smallest absolute Gasteiger partial charge is 0.235 e. The normalized spacial score (nSPS) is 18.8. The first-order valence-corrected chi connectivity index (χ1v) is 11.8. The Hall–Kier alpha value is -3.39. The molecule has 0 fully saturated rings. The lowest BCUT2D eigenvalue weighted by Gasteiger charge is -2.34. The number of carbonyl (C=O) groups excluding carboxylic acids is 1. The number of hydrogen-bond acceptors (Lipinski definition) is 1. The molecule has 1 amide bonds. The average molecular weight is 420 g/mol. The van der Waals surface area contributed by atoms with Crippen molar-refractivity contribution in [2.75, 3.05) is 4.90 Å². The van der Waals surface area contributed by atoms with Gasteiger partial charge in [-0.15, -0.1) is 0 Å². The molecule has 2 aromatic rings. The number of amides is 1. The Bertz CT molecular complexity index is 1290. The molecule has 0 aromatic heterocycles. The standard InChI is InChI=1S/C30H29NO/c1-2-3-6-15-23-20-29(32)31(24-16-9-5-10-17-24)28-21-27(22-13-7-4-8-14-22)25-18-11-12-19-26(25)30(23)28/h3-4,6-9,13-19,21H,2,5,10-12,20H2,1H3/b6-3-,23-15+. The molecule has 0 atom stereocenters. The van der Waals surface area contributed by atoms with Crippen molar-refractivity contribution in [1.29, 1.82) is 0 Å². The zero-order chi connectivity index (χ0) is 21.9. The summed E-state index contributed by atoms with van der Waals surface area (Å²) in [7, 11) is 0. The molecule has 2 heteroatoms. The molecule has 0 N–H and O–H groups in total. The van der Waals surface area contributed by atoms with E-state index >= 15 is 0 Å². The SMILES string of the molecule is CC/C=C\C=C1/CC(=O)N(C2=CCCC=C2)c2cc(-c3ccccc3)c3c(c21)=CCCC=3. The van der Waals surface area contributed by atoms with Crippen LogP contribution in [0, 0.1) is 0 Å². The second kappa shape index (κ2) is 9.00. The van der Waals surface area contributed by atoms with Gasteiger partial charge < -0.3 is 0 Å². The lowest BCUT2D eigenvalue weighted by molar-refractivity contribution is -0.117. The van der Waals surface area contributed by atoms with Gasteiger partial charge in [0.2, 0.25) is 5.91 Å². The molecule has 0 radical (unpaired) electrons. The van der Waals surface area contributed by atoms with Crippen LogP contribution in [0.1, 0.15) is 51.0 Å². The van der Waals surface area contributed by atoms with Gasteiger partial charge >= 0.3 is 0 Å². The molecule has 0 spiro atoms. The van der Waals surface area contributed by atoms with E-state index in [1.165, 1.54) is 27.1 Å². The summed E-state index contributed by atoms with van der Waals surface area (Å²) in [4.78, 5) is 15.4. The van der Waals surface area contributed by atoms with Crippen LogP contribution in [-0.4, -0.2) is 5.91 Å². The molecule has 1 heterocycles. The maximum atomic E-state index is 13.5. The zero-order valence-electron chi connectivity index (χ0n) is 18.7. The highest BCUT2D eigenvalue weighted by Gasteiger charge is 2.31. The van der Waals surface area contributed by atoms with Crippen molar-refractivity contribution in [3.05, 3.63) is 94.6 Å². The van der Waals surface area contributed by atoms with E-state index < -0.39 is 0 Å². The van der Waals surface area contributed by atoms with Crippen LogP contribution in [0.2, 0.25) is 0 Å². The van der Waals surface area contributed by atoms with Crippen LogP contribution >= 0.6 is 0 Å². The van der Waals surface area contributed by atoms with E-state index in [0.717, 1.165) is 49.1 Å². The number of hydrogen-bond donors (Lipinski definition) is 0. The van der Waals surface area contributed by atoms with E-state index in [1.54, 1.807) is 0 Å². The van der Waals surface area contributed by atoms with Crippen LogP contribution in [0.5, 0.6) is 0 Å².